The van der Waals surface area contributed by atoms with E-state index >= 15 is 0 Å². The van der Waals surface area contributed by atoms with Crippen molar-refractivity contribution >= 4 is 17.2 Å². The summed E-state index contributed by atoms with van der Waals surface area (Å²) in [4.78, 5) is 18.4. The first-order chi connectivity index (χ1) is 13.4. The second-order valence-corrected chi connectivity index (χ2v) is 6.91. The van der Waals surface area contributed by atoms with Crippen LogP contribution in [0.4, 0.5) is 11.5 Å². The molecule has 5 rings (SSSR count). The van der Waals surface area contributed by atoms with Crippen molar-refractivity contribution < 1.29 is 0 Å². The van der Waals surface area contributed by atoms with Crippen LogP contribution in [0.1, 0.15) is 16.7 Å². The van der Waals surface area contributed by atoms with Crippen LogP contribution in [-0.4, -0.2) is 41.9 Å². The van der Waals surface area contributed by atoms with Gasteiger partial charge in [-0.2, -0.15) is 0 Å². The predicted octanol–water partition coefficient (Wildman–Crippen LogP) is 3.15. The lowest BCUT2D eigenvalue weighted by Crippen LogP contribution is -2.46. The Labute approximate surface area is 159 Å². The molecule has 27 heavy (non-hydrogen) atoms. The molecule has 0 bridgehead atoms. The molecule has 2 aromatic heterocycles. The molecule has 0 saturated carbocycles. The number of pyridine rings is 2. The van der Waals surface area contributed by atoms with Gasteiger partial charge in [0.1, 0.15) is 5.82 Å². The van der Waals surface area contributed by atoms with Gasteiger partial charge in [-0.25, -0.2) is 4.98 Å². The third-order valence-electron chi connectivity index (χ3n) is 5.31. The lowest BCUT2D eigenvalue weighted by Gasteiger charge is -2.36. The highest BCUT2D eigenvalue weighted by molar-refractivity contribution is 6.15. The molecule has 0 radical (unpaired) electrons. The Bertz CT molecular complexity index is 975. The van der Waals surface area contributed by atoms with E-state index in [4.69, 9.17) is 4.99 Å². The van der Waals surface area contributed by atoms with E-state index in [2.05, 4.69) is 62.2 Å². The van der Waals surface area contributed by atoms with Crippen LogP contribution in [0, 0.1) is 0 Å². The first-order valence-electron chi connectivity index (χ1n) is 9.37. The molecule has 4 heterocycles. The van der Waals surface area contributed by atoms with Crippen molar-refractivity contribution in [3.05, 3.63) is 83.8 Å². The van der Waals surface area contributed by atoms with E-state index in [0.717, 1.165) is 49.8 Å². The van der Waals surface area contributed by atoms with E-state index in [1.807, 2.05) is 24.7 Å². The quantitative estimate of drug-likeness (QED) is 0.724. The standard InChI is InChI=1S/C22H21N5/c1-2-6-20-18(4-1)15-25-22(20)17-7-9-24-21(14-17)27-12-10-26(11-13-27)19-5-3-8-23-16-19/h1-9,14,16H,10-13,15H2. The number of aromatic nitrogens is 2. The molecule has 3 aromatic rings. The fourth-order valence-electron chi connectivity index (χ4n) is 3.86. The molecule has 0 unspecified atom stereocenters. The summed E-state index contributed by atoms with van der Waals surface area (Å²) in [6, 6.07) is 16.8. The summed E-state index contributed by atoms with van der Waals surface area (Å²) in [6.45, 7) is 4.62. The van der Waals surface area contributed by atoms with Gasteiger partial charge in [-0.05, 0) is 29.8 Å². The molecule has 0 amide bonds. The van der Waals surface area contributed by atoms with Gasteiger partial charge in [0.15, 0.2) is 0 Å². The summed E-state index contributed by atoms with van der Waals surface area (Å²) < 4.78 is 0. The van der Waals surface area contributed by atoms with Gasteiger partial charge in [0.25, 0.3) is 0 Å². The van der Waals surface area contributed by atoms with Crippen LogP contribution in [0.5, 0.6) is 0 Å². The maximum absolute atomic E-state index is 4.77. The van der Waals surface area contributed by atoms with E-state index in [1.165, 1.54) is 16.8 Å². The maximum Gasteiger partial charge on any atom is 0.129 e. The Morgan fingerprint density at radius 3 is 2.52 bits per heavy atom. The summed E-state index contributed by atoms with van der Waals surface area (Å²) in [5.74, 6) is 1.03. The van der Waals surface area contributed by atoms with Crippen LogP contribution in [0.3, 0.4) is 0 Å². The van der Waals surface area contributed by atoms with Gasteiger partial charge in [0.2, 0.25) is 0 Å². The monoisotopic (exact) mass is 355 g/mol. The molecule has 2 aliphatic heterocycles. The molecule has 5 heteroatoms. The number of fused-ring (bicyclic) bond motifs is 1. The average molecular weight is 355 g/mol. The average Bonchev–Trinajstić information content (AvgIpc) is 3.19. The number of piperazine rings is 1. The van der Waals surface area contributed by atoms with E-state index in [9.17, 15) is 0 Å². The third kappa shape index (κ3) is 3.05. The van der Waals surface area contributed by atoms with Crippen molar-refractivity contribution in [1.29, 1.82) is 0 Å². The van der Waals surface area contributed by atoms with Crippen molar-refractivity contribution in [2.75, 3.05) is 36.0 Å². The molecular formula is C22H21N5. The molecule has 0 spiro atoms. The first-order valence-corrected chi connectivity index (χ1v) is 9.37. The van der Waals surface area contributed by atoms with Gasteiger partial charge in [-0.3, -0.25) is 9.98 Å². The van der Waals surface area contributed by atoms with Gasteiger partial charge >= 0.3 is 0 Å². The lowest BCUT2D eigenvalue weighted by molar-refractivity contribution is 0.646. The fourth-order valence-corrected chi connectivity index (χ4v) is 3.86. The molecule has 1 aromatic carbocycles. The minimum absolute atomic E-state index is 0.771. The highest BCUT2D eigenvalue weighted by Gasteiger charge is 2.21. The third-order valence-corrected chi connectivity index (χ3v) is 5.31. The zero-order valence-electron chi connectivity index (χ0n) is 15.1. The smallest absolute Gasteiger partial charge is 0.129 e. The zero-order valence-corrected chi connectivity index (χ0v) is 15.1. The van der Waals surface area contributed by atoms with E-state index in [0.29, 0.717) is 0 Å². The minimum atomic E-state index is 0.771. The highest BCUT2D eigenvalue weighted by atomic mass is 15.3. The second-order valence-electron chi connectivity index (χ2n) is 6.91. The van der Waals surface area contributed by atoms with Gasteiger partial charge in [-0.1, -0.05) is 24.3 Å². The highest BCUT2D eigenvalue weighted by Crippen LogP contribution is 2.25. The van der Waals surface area contributed by atoms with Crippen molar-refractivity contribution in [2.24, 2.45) is 4.99 Å². The second kappa shape index (κ2) is 6.83. The van der Waals surface area contributed by atoms with Crippen molar-refractivity contribution in [2.45, 2.75) is 6.54 Å². The Morgan fingerprint density at radius 2 is 1.67 bits per heavy atom. The Hall–Kier alpha value is -3.21. The van der Waals surface area contributed by atoms with Crippen LogP contribution in [0.2, 0.25) is 0 Å². The summed E-state index contributed by atoms with van der Waals surface area (Å²) in [5, 5.41) is 0. The molecule has 134 valence electrons. The SMILES string of the molecule is c1cncc(N2CCN(c3cc(C4=NCc5ccccc54)ccn3)CC2)c1. The molecule has 5 nitrogen and oxygen atoms in total. The van der Waals surface area contributed by atoms with Crippen molar-refractivity contribution in [3.63, 3.8) is 0 Å². The van der Waals surface area contributed by atoms with Crippen molar-refractivity contribution in [3.8, 4) is 0 Å². The van der Waals surface area contributed by atoms with Crippen LogP contribution in [0.25, 0.3) is 0 Å². The predicted molar refractivity (Wildman–Crippen MR) is 109 cm³/mol. The maximum atomic E-state index is 4.77. The number of hydrogen-bond acceptors (Lipinski definition) is 5. The van der Waals surface area contributed by atoms with Crippen LogP contribution < -0.4 is 9.80 Å². The van der Waals surface area contributed by atoms with E-state index in [-0.39, 0.29) is 0 Å². The molecular weight excluding hydrogens is 334 g/mol. The van der Waals surface area contributed by atoms with Gasteiger partial charge in [0, 0.05) is 49.7 Å². The molecule has 2 aliphatic rings. The number of anilines is 2. The van der Waals surface area contributed by atoms with Crippen LogP contribution >= 0.6 is 0 Å². The molecule has 0 N–H and O–H groups in total. The summed E-state index contributed by atoms with van der Waals surface area (Å²) in [5.41, 5.74) is 5.98. The number of rotatable bonds is 3. The number of hydrogen-bond donors (Lipinski definition) is 0. The van der Waals surface area contributed by atoms with Crippen LogP contribution in [-0.2, 0) is 6.54 Å². The zero-order chi connectivity index (χ0) is 18.1. The van der Waals surface area contributed by atoms with Gasteiger partial charge in [0.05, 0.1) is 24.1 Å². The summed E-state index contributed by atoms with van der Waals surface area (Å²) in [7, 11) is 0. The van der Waals surface area contributed by atoms with E-state index in [1.54, 1.807) is 0 Å². The number of benzene rings is 1. The van der Waals surface area contributed by atoms with E-state index < -0.39 is 0 Å². The Kier molecular flexibility index (Phi) is 4.05. The fraction of sp³-hybridized carbons (Fsp3) is 0.227. The summed E-state index contributed by atoms with van der Waals surface area (Å²) in [6.07, 6.45) is 5.66. The molecule has 0 aliphatic carbocycles. The van der Waals surface area contributed by atoms with Gasteiger partial charge < -0.3 is 9.80 Å². The molecule has 1 saturated heterocycles. The minimum Gasteiger partial charge on any atom is -0.367 e. The lowest BCUT2D eigenvalue weighted by atomic mass is 10.0. The summed E-state index contributed by atoms with van der Waals surface area (Å²) >= 11 is 0. The Morgan fingerprint density at radius 1 is 0.815 bits per heavy atom. The number of aliphatic imine (C=N–C) groups is 1. The molecule has 0 atom stereocenters. The van der Waals surface area contributed by atoms with Crippen LogP contribution in [0.15, 0.2) is 72.1 Å². The van der Waals surface area contributed by atoms with Crippen molar-refractivity contribution in [1.82, 2.24) is 9.97 Å². The largest absolute Gasteiger partial charge is 0.367 e. The topological polar surface area (TPSA) is 44.6 Å². The van der Waals surface area contributed by atoms with Gasteiger partial charge in [-0.15, -0.1) is 0 Å². The first kappa shape index (κ1) is 16.0. The normalized spacial score (nSPS) is 16.2. The Balaban J connectivity index is 1.34. The molecule has 1 fully saturated rings. The number of nitrogens with zero attached hydrogens (tertiary/aromatic N) is 5.